The van der Waals surface area contributed by atoms with Crippen molar-refractivity contribution in [3.63, 3.8) is 0 Å². The van der Waals surface area contributed by atoms with Gasteiger partial charge in [-0.05, 0) is 19.0 Å². The first-order valence-electron chi connectivity index (χ1n) is 4.77. The maximum absolute atomic E-state index is 11.7. The lowest BCUT2D eigenvalue weighted by atomic mass is 10.4. The van der Waals surface area contributed by atoms with Gasteiger partial charge in [0.25, 0.3) is 0 Å². The molecule has 0 unspecified atom stereocenters. The van der Waals surface area contributed by atoms with E-state index < -0.39 is 10.2 Å². The summed E-state index contributed by atoms with van der Waals surface area (Å²) in [5.74, 6) is 0.0575. The van der Waals surface area contributed by atoms with E-state index in [4.69, 9.17) is 5.73 Å². The molecule has 1 heterocycles. The minimum atomic E-state index is -3.58. The van der Waals surface area contributed by atoms with Crippen LogP contribution in [0.4, 0.5) is 5.95 Å². The summed E-state index contributed by atoms with van der Waals surface area (Å²) in [6.45, 7) is 0.806. The lowest BCUT2D eigenvalue weighted by Crippen LogP contribution is -2.34. The van der Waals surface area contributed by atoms with E-state index in [1.165, 1.54) is 23.7 Å². The summed E-state index contributed by atoms with van der Waals surface area (Å²) in [7, 11) is -2.11. The Bertz CT molecular complexity index is 408. The van der Waals surface area contributed by atoms with Crippen LogP contribution < -0.4 is 10.5 Å². The Morgan fingerprint density at radius 1 is 1.44 bits per heavy atom. The molecule has 0 saturated carbocycles. The molecule has 0 radical (unpaired) electrons. The highest BCUT2D eigenvalue weighted by Gasteiger charge is 2.17. The van der Waals surface area contributed by atoms with Gasteiger partial charge < -0.3 is 5.73 Å². The molecule has 0 aliphatic rings. The minimum absolute atomic E-state index is 0.0575. The van der Waals surface area contributed by atoms with Crippen LogP contribution in [0.2, 0.25) is 0 Å². The smallest absolute Gasteiger partial charge is 0.303 e. The van der Waals surface area contributed by atoms with Crippen LogP contribution in [0, 0.1) is 0 Å². The molecule has 0 saturated heterocycles. The number of hydrogen-bond acceptors (Lipinski definition) is 5. The molecule has 16 heavy (non-hydrogen) atoms. The molecule has 0 aromatic carbocycles. The Hall–Kier alpha value is -1.25. The summed E-state index contributed by atoms with van der Waals surface area (Å²) in [5, 5.41) is 0. The van der Waals surface area contributed by atoms with Gasteiger partial charge in [0.05, 0.1) is 0 Å². The summed E-state index contributed by atoms with van der Waals surface area (Å²) in [5.41, 5.74) is 5.31. The second kappa shape index (κ2) is 5.73. The van der Waals surface area contributed by atoms with E-state index in [9.17, 15) is 8.42 Å². The van der Waals surface area contributed by atoms with Crippen LogP contribution in [0.3, 0.4) is 0 Å². The van der Waals surface area contributed by atoms with Crippen LogP contribution in [0.25, 0.3) is 0 Å². The molecule has 3 N–H and O–H groups in total. The van der Waals surface area contributed by atoms with Crippen molar-refractivity contribution in [2.45, 2.75) is 6.42 Å². The SMILES string of the molecule is CN(CCCN)S(=O)(=O)Nc1ncccn1. The van der Waals surface area contributed by atoms with Gasteiger partial charge in [0, 0.05) is 26.0 Å². The minimum Gasteiger partial charge on any atom is -0.330 e. The van der Waals surface area contributed by atoms with Gasteiger partial charge in [-0.3, -0.25) is 0 Å². The molecular weight excluding hydrogens is 230 g/mol. The lowest BCUT2D eigenvalue weighted by molar-refractivity contribution is 0.468. The van der Waals surface area contributed by atoms with E-state index in [1.807, 2.05) is 0 Å². The Balaban J connectivity index is 2.65. The number of rotatable bonds is 6. The second-order valence-electron chi connectivity index (χ2n) is 3.14. The zero-order valence-corrected chi connectivity index (χ0v) is 9.81. The fourth-order valence-electron chi connectivity index (χ4n) is 0.979. The molecule has 7 nitrogen and oxygen atoms in total. The van der Waals surface area contributed by atoms with E-state index in [0.29, 0.717) is 19.5 Å². The van der Waals surface area contributed by atoms with Crippen molar-refractivity contribution < 1.29 is 8.42 Å². The van der Waals surface area contributed by atoms with Crippen LogP contribution in [-0.2, 0) is 10.2 Å². The first-order valence-corrected chi connectivity index (χ1v) is 6.21. The molecule has 0 aliphatic heterocycles. The summed E-state index contributed by atoms with van der Waals surface area (Å²) in [6, 6.07) is 1.61. The molecule has 1 aromatic rings. The maximum atomic E-state index is 11.7. The molecule has 0 aliphatic carbocycles. The van der Waals surface area contributed by atoms with Gasteiger partial charge in [0.15, 0.2) is 0 Å². The van der Waals surface area contributed by atoms with Gasteiger partial charge in [-0.15, -0.1) is 0 Å². The molecule has 8 heteroatoms. The highest BCUT2D eigenvalue weighted by atomic mass is 32.2. The van der Waals surface area contributed by atoms with Crippen molar-refractivity contribution >= 4 is 16.2 Å². The molecule has 90 valence electrons. The molecule has 0 atom stereocenters. The first kappa shape index (κ1) is 12.8. The van der Waals surface area contributed by atoms with E-state index in [2.05, 4.69) is 14.7 Å². The van der Waals surface area contributed by atoms with Crippen molar-refractivity contribution in [3.05, 3.63) is 18.5 Å². The average molecular weight is 245 g/mol. The summed E-state index contributed by atoms with van der Waals surface area (Å²) in [6.07, 6.45) is 3.53. The molecule has 0 spiro atoms. The highest BCUT2D eigenvalue weighted by Crippen LogP contribution is 2.03. The quantitative estimate of drug-likeness (QED) is 0.698. The Labute approximate surface area is 94.9 Å². The summed E-state index contributed by atoms with van der Waals surface area (Å²) >= 11 is 0. The molecule has 1 aromatic heterocycles. The van der Waals surface area contributed by atoms with E-state index in [-0.39, 0.29) is 5.95 Å². The van der Waals surface area contributed by atoms with Crippen molar-refractivity contribution in [3.8, 4) is 0 Å². The van der Waals surface area contributed by atoms with Crippen molar-refractivity contribution in [2.75, 3.05) is 24.9 Å². The Kier molecular flexibility index (Phi) is 4.59. The topological polar surface area (TPSA) is 101 Å². The highest BCUT2D eigenvalue weighted by molar-refractivity contribution is 7.90. The zero-order chi connectivity index (χ0) is 12.0. The third-order valence-electron chi connectivity index (χ3n) is 1.87. The van der Waals surface area contributed by atoms with E-state index in [0.717, 1.165) is 0 Å². The third-order valence-corrected chi connectivity index (χ3v) is 3.32. The number of nitrogens with one attached hydrogen (secondary N) is 1. The lowest BCUT2D eigenvalue weighted by Gasteiger charge is -2.16. The van der Waals surface area contributed by atoms with E-state index in [1.54, 1.807) is 6.07 Å². The van der Waals surface area contributed by atoms with Crippen molar-refractivity contribution in [1.29, 1.82) is 0 Å². The van der Waals surface area contributed by atoms with Gasteiger partial charge in [0.1, 0.15) is 0 Å². The normalized spacial score (nSPS) is 11.7. The number of hydrogen-bond donors (Lipinski definition) is 2. The predicted molar refractivity (Wildman–Crippen MR) is 60.9 cm³/mol. The molecular formula is C8H15N5O2S. The number of nitrogens with two attached hydrogens (primary N) is 1. The number of anilines is 1. The fourth-order valence-corrected chi connectivity index (χ4v) is 1.84. The van der Waals surface area contributed by atoms with Crippen molar-refractivity contribution in [2.24, 2.45) is 5.73 Å². The molecule has 0 amide bonds. The summed E-state index contributed by atoms with van der Waals surface area (Å²) in [4.78, 5) is 7.55. The Morgan fingerprint density at radius 3 is 2.62 bits per heavy atom. The predicted octanol–water partition coefficient (Wildman–Crippen LogP) is -0.586. The standard InChI is InChI=1S/C8H15N5O2S/c1-13(7-2-4-9)16(14,15)12-8-10-5-3-6-11-8/h3,5-6H,2,4,7,9H2,1H3,(H,10,11,12). The first-order chi connectivity index (χ1) is 7.56. The van der Waals surface area contributed by atoms with Gasteiger partial charge in [-0.1, -0.05) is 0 Å². The number of aromatic nitrogens is 2. The van der Waals surface area contributed by atoms with Gasteiger partial charge >= 0.3 is 10.2 Å². The van der Waals surface area contributed by atoms with Crippen LogP contribution in [-0.4, -0.2) is 42.8 Å². The van der Waals surface area contributed by atoms with Gasteiger partial charge in [-0.2, -0.15) is 12.7 Å². The number of nitrogens with zero attached hydrogens (tertiary/aromatic N) is 3. The second-order valence-corrected chi connectivity index (χ2v) is 4.92. The van der Waals surface area contributed by atoms with Gasteiger partial charge in [0.2, 0.25) is 5.95 Å². The monoisotopic (exact) mass is 245 g/mol. The Morgan fingerprint density at radius 2 is 2.06 bits per heavy atom. The van der Waals surface area contributed by atoms with Gasteiger partial charge in [-0.25, -0.2) is 14.7 Å². The third kappa shape index (κ3) is 3.72. The fraction of sp³-hybridized carbons (Fsp3) is 0.500. The largest absolute Gasteiger partial charge is 0.330 e. The zero-order valence-electron chi connectivity index (χ0n) is 9.00. The molecule has 1 rings (SSSR count). The van der Waals surface area contributed by atoms with Crippen LogP contribution in [0.15, 0.2) is 18.5 Å². The van der Waals surface area contributed by atoms with Crippen LogP contribution in [0.5, 0.6) is 0 Å². The van der Waals surface area contributed by atoms with E-state index >= 15 is 0 Å². The molecule has 0 bridgehead atoms. The summed E-state index contributed by atoms with van der Waals surface area (Å²) < 4.78 is 26.8. The van der Waals surface area contributed by atoms with Crippen molar-refractivity contribution in [1.82, 2.24) is 14.3 Å². The maximum Gasteiger partial charge on any atom is 0.303 e. The van der Waals surface area contributed by atoms with Crippen LogP contribution >= 0.6 is 0 Å². The average Bonchev–Trinajstić information content (AvgIpc) is 2.26. The van der Waals surface area contributed by atoms with Crippen LogP contribution in [0.1, 0.15) is 6.42 Å². The molecule has 0 fully saturated rings.